The van der Waals surface area contributed by atoms with E-state index in [1.54, 1.807) is 7.11 Å². The molecule has 0 aromatic carbocycles. The minimum absolute atomic E-state index is 0.184. The minimum Gasteiger partial charge on any atom is -0.384 e. The second kappa shape index (κ2) is 8.06. The van der Waals surface area contributed by atoms with E-state index >= 15 is 0 Å². The van der Waals surface area contributed by atoms with Crippen LogP contribution < -0.4 is 0 Å². The zero-order valence-corrected chi connectivity index (χ0v) is 16.7. The van der Waals surface area contributed by atoms with Gasteiger partial charge in [-0.25, -0.2) is 4.98 Å². The predicted molar refractivity (Wildman–Crippen MR) is 101 cm³/mol. The highest BCUT2D eigenvalue weighted by molar-refractivity contribution is 5.76. The van der Waals surface area contributed by atoms with Gasteiger partial charge in [0.2, 0.25) is 5.91 Å². The van der Waals surface area contributed by atoms with Crippen LogP contribution in [-0.4, -0.2) is 89.2 Å². The molecular formula is C19H33N5O2. The summed E-state index contributed by atoms with van der Waals surface area (Å²) in [5.41, 5.74) is 1.46. The van der Waals surface area contributed by atoms with Gasteiger partial charge in [-0.3, -0.25) is 14.6 Å². The number of aromatic nitrogens is 2. The van der Waals surface area contributed by atoms with E-state index in [-0.39, 0.29) is 11.4 Å². The third kappa shape index (κ3) is 3.94. The minimum atomic E-state index is 0.184. The number of amides is 1. The van der Waals surface area contributed by atoms with Crippen molar-refractivity contribution in [3.8, 4) is 0 Å². The maximum absolute atomic E-state index is 12.3. The summed E-state index contributed by atoms with van der Waals surface area (Å²) in [6, 6.07) is 0. The Balaban J connectivity index is 1.60. The number of hydrogen-bond donors (Lipinski definition) is 0. The molecule has 1 spiro atoms. The molecule has 0 atom stereocenters. The van der Waals surface area contributed by atoms with Crippen LogP contribution in [0.5, 0.6) is 0 Å². The van der Waals surface area contributed by atoms with E-state index in [1.807, 2.05) is 18.0 Å². The van der Waals surface area contributed by atoms with Crippen molar-refractivity contribution in [2.24, 2.45) is 7.05 Å². The number of ether oxygens (including phenoxy) is 1. The summed E-state index contributed by atoms with van der Waals surface area (Å²) in [4.78, 5) is 23.8. The monoisotopic (exact) mass is 363 g/mol. The standard InChI is InChI=1S/C19H33N5O2/c1-16-20-13-17(22(16)3)14-23-11-10-21(2)19(15-23)6-8-24(9-7-19)18(25)5-12-26-4/h13H,5-12,14-15H2,1-4H3. The summed E-state index contributed by atoms with van der Waals surface area (Å²) in [6.45, 7) is 8.44. The Labute approximate surface area is 156 Å². The molecule has 2 aliphatic rings. The largest absolute Gasteiger partial charge is 0.384 e. The van der Waals surface area contributed by atoms with Crippen molar-refractivity contribution in [3.05, 3.63) is 17.7 Å². The second-order valence-corrected chi connectivity index (χ2v) is 7.84. The van der Waals surface area contributed by atoms with Gasteiger partial charge in [0.25, 0.3) is 0 Å². The van der Waals surface area contributed by atoms with Crippen molar-refractivity contribution in [2.45, 2.75) is 38.3 Å². The number of methoxy groups -OCH3 is 1. The molecule has 0 bridgehead atoms. The summed E-state index contributed by atoms with van der Waals surface area (Å²) in [7, 11) is 5.98. The van der Waals surface area contributed by atoms with E-state index in [0.717, 1.165) is 57.9 Å². The average Bonchev–Trinajstić information content (AvgIpc) is 2.95. The second-order valence-electron chi connectivity index (χ2n) is 7.84. The third-order valence-corrected chi connectivity index (χ3v) is 6.35. The molecule has 2 saturated heterocycles. The SMILES string of the molecule is COCCC(=O)N1CCC2(CC1)CN(Cc1cnc(C)n1C)CCN2C. The zero-order chi connectivity index (χ0) is 18.7. The number of aryl methyl sites for hydroxylation is 1. The molecule has 26 heavy (non-hydrogen) atoms. The number of imidazole rings is 1. The fourth-order valence-electron chi connectivity index (χ4n) is 4.26. The summed E-state index contributed by atoms with van der Waals surface area (Å²) in [5.74, 6) is 1.29. The van der Waals surface area contributed by atoms with E-state index in [9.17, 15) is 4.79 Å². The molecule has 1 amide bonds. The fraction of sp³-hybridized carbons (Fsp3) is 0.789. The third-order valence-electron chi connectivity index (χ3n) is 6.35. The van der Waals surface area contributed by atoms with Crippen LogP contribution in [0.15, 0.2) is 6.20 Å². The van der Waals surface area contributed by atoms with Crippen LogP contribution in [0, 0.1) is 6.92 Å². The average molecular weight is 364 g/mol. The highest BCUT2D eigenvalue weighted by Crippen LogP contribution is 2.32. The first kappa shape index (κ1) is 19.3. The molecule has 1 aromatic rings. The maximum atomic E-state index is 12.3. The van der Waals surface area contributed by atoms with Gasteiger partial charge in [0, 0.05) is 65.2 Å². The first-order chi connectivity index (χ1) is 12.4. The van der Waals surface area contributed by atoms with Gasteiger partial charge >= 0.3 is 0 Å². The van der Waals surface area contributed by atoms with Gasteiger partial charge in [-0.05, 0) is 26.8 Å². The molecule has 0 N–H and O–H groups in total. The first-order valence-corrected chi connectivity index (χ1v) is 9.63. The Morgan fingerprint density at radius 2 is 1.96 bits per heavy atom. The number of piperazine rings is 1. The van der Waals surface area contributed by atoms with Crippen molar-refractivity contribution < 1.29 is 9.53 Å². The van der Waals surface area contributed by atoms with Crippen LogP contribution in [0.1, 0.15) is 30.8 Å². The molecule has 2 aliphatic heterocycles. The number of piperidine rings is 1. The normalized spacial score (nSPS) is 21.5. The Morgan fingerprint density at radius 1 is 1.23 bits per heavy atom. The zero-order valence-electron chi connectivity index (χ0n) is 16.7. The van der Waals surface area contributed by atoms with Crippen molar-refractivity contribution in [1.82, 2.24) is 24.3 Å². The van der Waals surface area contributed by atoms with Gasteiger partial charge in [0.15, 0.2) is 0 Å². The summed E-state index contributed by atoms with van der Waals surface area (Å²) >= 11 is 0. The lowest BCUT2D eigenvalue weighted by molar-refractivity contribution is -0.135. The molecule has 1 aromatic heterocycles. The van der Waals surface area contributed by atoms with Gasteiger partial charge < -0.3 is 14.2 Å². The smallest absolute Gasteiger partial charge is 0.224 e. The van der Waals surface area contributed by atoms with Crippen molar-refractivity contribution in [3.63, 3.8) is 0 Å². The number of hydrogen-bond acceptors (Lipinski definition) is 5. The van der Waals surface area contributed by atoms with E-state index in [1.165, 1.54) is 5.69 Å². The van der Waals surface area contributed by atoms with Gasteiger partial charge in [-0.2, -0.15) is 0 Å². The lowest BCUT2D eigenvalue weighted by Crippen LogP contribution is -2.64. The van der Waals surface area contributed by atoms with E-state index in [0.29, 0.717) is 13.0 Å². The molecule has 0 radical (unpaired) electrons. The van der Waals surface area contributed by atoms with Crippen LogP contribution >= 0.6 is 0 Å². The number of likely N-dealkylation sites (tertiary alicyclic amines) is 1. The van der Waals surface area contributed by atoms with E-state index in [2.05, 4.69) is 33.4 Å². The number of nitrogens with zero attached hydrogens (tertiary/aromatic N) is 5. The molecule has 7 heteroatoms. The maximum Gasteiger partial charge on any atom is 0.224 e. The van der Waals surface area contributed by atoms with E-state index < -0.39 is 0 Å². The Kier molecular flexibility index (Phi) is 5.99. The number of rotatable bonds is 5. The highest BCUT2D eigenvalue weighted by atomic mass is 16.5. The van der Waals surface area contributed by atoms with Crippen molar-refractivity contribution in [2.75, 3.05) is 53.5 Å². The van der Waals surface area contributed by atoms with Crippen molar-refractivity contribution in [1.29, 1.82) is 0 Å². The Hall–Kier alpha value is -1.44. The van der Waals surface area contributed by atoms with Crippen LogP contribution in [0.2, 0.25) is 0 Å². The molecule has 7 nitrogen and oxygen atoms in total. The van der Waals surface area contributed by atoms with Gasteiger partial charge in [0.1, 0.15) is 5.82 Å². The molecule has 3 rings (SSSR count). The van der Waals surface area contributed by atoms with Crippen molar-refractivity contribution >= 4 is 5.91 Å². The summed E-state index contributed by atoms with van der Waals surface area (Å²) in [5, 5.41) is 0. The summed E-state index contributed by atoms with van der Waals surface area (Å²) in [6.07, 6.45) is 4.58. The lowest BCUT2D eigenvalue weighted by atomic mass is 9.83. The van der Waals surface area contributed by atoms with Crippen LogP contribution in [0.25, 0.3) is 0 Å². The number of carbonyl (C=O) groups excluding carboxylic acids is 1. The Bertz CT molecular complexity index is 621. The lowest BCUT2D eigenvalue weighted by Gasteiger charge is -2.53. The molecule has 2 fully saturated rings. The number of carbonyl (C=O) groups is 1. The first-order valence-electron chi connectivity index (χ1n) is 9.63. The van der Waals surface area contributed by atoms with Gasteiger partial charge in [-0.1, -0.05) is 0 Å². The van der Waals surface area contributed by atoms with E-state index in [4.69, 9.17) is 4.74 Å². The molecule has 146 valence electrons. The molecular weight excluding hydrogens is 330 g/mol. The Morgan fingerprint density at radius 3 is 2.58 bits per heavy atom. The predicted octanol–water partition coefficient (Wildman–Crippen LogP) is 0.874. The highest BCUT2D eigenvalue weighted by Gasteiger charge is 2.42. The van der Waals surface area contributed by atoms with Crippen LogP contribution in [-0.2, 0) is 23.1 Å². The topological polar surface area (TPSA) is 53.8 Å². The summed E-state index contributed by atoms with van der Waals surface area (Å²) < 4.78 is 7.23. The molecule has 0 saturated carbocycles. The van der Waals surface area contributed by atoms with Gasteiger partial charge in [-0.15, -0.1) is 0 Å². The molecule has 0 aliphatic carbocycles. The fourth-order valence-corrected chi connectivity index (χ4v) is 4.26. The number of likely N-dealkylation sites (N-methyl/N-ethyl adjacent to an activating group) is 1. The van der Waals surface area contributed by atoms with Crippen LogP contribution in [0.4, 0.5) is 0 Å². The molecule has 0 unspecified atom stereocenters. The van der Waals surface area contributed by atoms with Crippen LogP contribution in [0.3, 0.4) is 0 Å². The van der Waals surface area contributed by atoms with Gasteiger partial charge in [0.05, 0.1) is 18.7 Å². The quantitative estimate of drug-likeness (QED) is 0.777. The molecule has 3 heterocycles.